The third-order valence-electron chi connectivity index (χ3n) is 3.57. The second kappa shape index (κ2) is 4.36. The van der Waals surface area contributed by atoms with E-state index in [-0.39, 0.29) is 5.91 Å². The van der Waals surface area contributed by atoms with Crippen molar-refractivity contribution < 1.29 is 9.59 Å². The number of amides is 1. The van der Waals surface area contributed by atoms with Gasteiger partial charge in [-0.05, 0) is 6.42 Å². The Kier molecular flexibility index (Phi) is 2.70. The van der Waals surface area contributed by atoms with Gasteiger partial charge in [0.15, 0.2) is 6.29 Å². The number of rotatable bonds is 2. The molecule has 0 bridgehead atoms. The summed E-state index contributed by atoms with van der Waals surface area (Å²) in [5.41, 5.74) is 0.480. The molecule has 0 saturated carbocycles. The molecule has 2 saturated heterocycles. The van der Waals surface area contributed by atoms with Crippen LogP contribution in [0.4, 0.5) is 5.95 Å². The Balaban J connectivity index is 1.74. The summed E-state index contributed by atoms with van der Waals surface area (Å²) in [6, 6.07) is 0.292. The van der Waals surface area contributed by atoms with Gasteiger partial charge in [0.2, 0.25) is 11.9 Å². The minimum Gasteiger partial charge on any atom is -0.337 e. The number of aldehydes is 1. The number of hydrogen-bond donors (Lipinski definition) is 0. The lowest BCUT2D eigenvalue weighted by Gasteiger charge is -2.37. The number of carbonyl (C=O) groups excluding carboxylic acids is 2. The third-order valence-corrected chi connectivity index (χ3v) is 3.57. The van der Waals surface area contributed by atoms with Crippen LogP contribution in [0.1, 0.15) is 23.2 Å². The summed E-state index contributed by atoms with van der Waals surface area (Å²) in [7, 11) is 0. The number of nitrogens with zero attached hydrogens (tertiary/aromatic N) is 4. The molecule has 0 radical (unpaired) electrons. The van der Waals surface area contributed by atoms with E-state index in [0.717, 1.165) is 32.3 Å². The van der Waals surface area contributed by atoms with Gasteiger partial charge in [-0.3, -0.25) is 9.59 Å². The number of aromatic nitrogens is 2. The van der Waals surface area contributed by atoms with Gasteiger partial charge in [0, 0.05) is 44.5 Å². The lowest BCUT2D eigenvalue weighted by Crippen LogP contribution is -2.52. The van der Waals surface area contributed by atoms with Crippen LogP contribution in [-0.4, -0.2) is 52.7 Å². The number of anilines is 1. The maximum Gasteiger partial charge on any atom is 0.225 e. The van der Waals surface area contributed by atoms with Crippen LogP contribution < -0.4 is 4.90 Å². The highest BCUT2D eigenvalue weighted by atomic mass is 16.2. The van der Waals surface area contributed by atoms with Crippen LogP contribution in [-0.2, 0) is 4.79 Å². The zero-order valence-electron chi connectivity index (χ0n) is 9.95. The predicted octanol–water partition coefficient (Wildman–Crippen LogP) is 0.100. The molecular formula is C12H14N4O2. The second-order valence-electron chi connectivity index (χ2n) is 4.66. The fourth-order valence-corrected chi connectivity index (χ4v) is 2.60. The van der Waals surface area contributed by atoms with E-state index in [0.29, 0.717) is 24.0 Å². The maximum atomic E-state index is 11.6. The van der Waals surface area contributed by atoms with Gasteiger partial charge < -0.3 is 9.80 Å². The molecule has 2 aliphatic heterocycles. The Hall–Kier alpha value is -1.98. The Labute approximate surface area is 105 Å². The van der Waals surface area contributed by atoms with Gasteiger partial charge in [0.1, 0.15) is 0 Å². The molecule has 1 aromatic rings. The van der Waals surface area contributed by atoms with Crippen LogP contribution in [0.5, 0.6) is 0 Å². The van der Waals surface area contributed by atoms with Crippen LogP contribution in [0.2, 0.25) is 0 Å². The van der Waals surface area contributed by atoms with Crippen LogP contribution in [0.25, 0.3) is 0 Å². The number of fused-ring (bicyclic) bond motifs is 1. The van der Waals surface area contributed by atoms with E-state index in [1.54, 1.807) is 0 Å². The van der Waals surface area contributed by atoms with E-state index in [4.69, 9.17) is 0 Å². The van der Waals surface area contributed by atoms with Crippen molar-refractivity contribution in [2.75, 3.05) is 24.5 Å². The highest BCUT2D eigenvalue weighted by molar-refractivity contribution is 5.79. The molecule has 94 valence electrons. The summed E-state index contributed by atoms with van der Waals surface area (Å²) in [5, 5.41) is 0. The molecule has 18 heavy (non-hydrogen) atoms. The molecule has 0 aromatic carbocycles. The Morgan fingerprint density at radius 3 is 2.78 bits per heavy atom. The zero-order chi connectivity index (χ0) is 12.5. The molecule has 0 aliphatic carbocycles. The average Bonchev–Trinajstić information content (AvgIpc) is 2.80. The molecule has 0 spiro atoms. The average molecular weight is 246 g/mol. The summed E-state index contributed by atoms with van der Waals surface area (Å²) in [6.07, 6.45) is 5.37. The second-order valence-corrected chi connectivity index (χ2v) is 4.66. The smallest absolute Gasteiger partial charge is 0.225 e. The summed E-state index contributed by atoms with van der Waals surface area (Å²) in [5.74, 6) is 0.900. The molecule has 1 atom stereocenters. The van der Waals surface area contributed by atoms with Gasteiger partial charge in [0.05, 0.1) is 5.56 Å². The van der Waals surface area contributed by atoms with E-state index in [1.165, 1.54) is 12.4 Å². The van der Waals surface area contributed by atoms with E-state index < -0.39 is 0 Å². The van der Waals surface area contributed by atoms with Crippen LogP contribution in [0, 0.1) is 0 Å². The van der Waals surface area contributed by atoms with E-state index >= 15 is 0 Å². The molecule has 1 amide bonds. The minimum atomic E-state index is 0.261. The lowest BCUT2D eigenvalue weighted by molar-refractivity contribution is -0.129. The number of carbonyl (C=O) groups is 2. The quantitative estimate of drug-likeness (QED) is 0.692. The van der Waals surface area contributed by atoms with Crippen molar-refractivity contribution in [1.82, 2.24) is 14.9 Å². The van der Waals surface area contributed by atoms with Crippen LogP contribution in [0.3, 0.4) is 0 Å². The molecule has 1 aromatic heterocycles. The van der Waals surface area contributed by atoms with Crippen molar-refractivity contribution in [3.63, 3.8) is 0 Å². The minimum absolute atomic E-state index is 0.261. The highest BCUT2D eigenvalue weighted by Crippen LogP contribution is 2.24. The predicted molar refractivity (Wildman–Crippen MR) is 64.4 cm³/mol. The summed E-state index contributed by atoms with van der Waals surface area (Å²) < 4.78 is 0. The van der Waals surface area contributed by atoms with Crippen LogP contribution >= 0.6 is 0 Å². The molecule has 6 nitrogen and oxygen atoms in total. The summed E-state index contributed by atoms with van der Waals surface area (Å²) in [6.45, 7) is 2.27. The number of hydrogen-bond acceptors (Lipinski definition) is 5. The molecule has 6 heteroatoms. The standard InChI is InChI=1S/C12H14N4O2/c17-8-9-5-13-12(14-6-9)15-3-4-16-10(7-15)1-2-11(16)18/h5-6,8,10H,1-4,7H2. The molecule has 3 rings (SSSR count). The van der Waals surface area contributed by atoms with Crippen molar-refractivity contribution in [2.45, 2.75) is 18.9 Å². The molecule has 0 N–H and O–H groups in total. The fourth-order valence-electron chi connectivity index (χ4n) is 2.60. The topological polar surface area (TPSA) is 66.4 Å². The van der Waals surface area contributed by atoms with Crippen molar-refractivity contribution in [2.24, 2.45) is 0 Å². The van der Waals surface area contributed by atoms with Crippen molar-refractivity contribution in [3.8, 4) is 0 Å². The molecular weight excluding hydrogens is 232 g/mol. The van der Waals surface area contributed by atoms with Gasteiger partial charge in [0.25, 0.3) is 0 Å². The molecule has 2 fully saturated rings. The first-order chi connectivity index (χ1) is 8.78. The van der Waals surface area contributed by atoms with Gasteiger partial charge in [-0.1, -0.05) is 0 Å². The fraction of sp³-hybridized carbons (Fsp3) is 0.500. The largest absolute Gasteiger partial charge is 0.337 e. The van der Waals surface area contributed by atoms with Crippen LogP contribution in [0.15, 0.2) is 12.4 Å². The van der Waals surface area contributed by atoms with Gasteiger partial charge in [-0.2, -0.15) is 0 Å². The summed E-state index contributed by atoms with van der Waals surface area (Å²) >= 11 is 0. The van der Waals surface area contributed by atoms with E-state index in [1.807, 2.05) is 4.90 Å². The first-order valence-electron chi connectivity index (χ1n) is 6.09. The summed E-state index contributed by atoms with van der Waals surface area (Å²) in [4.78, 5) is 34.5. The first kappa shape index (κ1) is 11.1. The van der Waals surface area contributed by atoms with Crippen molar-refractivity contribution in [1.29, 1.82) is 0 Å². The normalized spacial score (nSPS) is 23.1. The Bertz CT molecular complexity index is 473. The van der Waals surface area contributed by atoms with E-state index in [9.17, 15) is 9.59 Å². The SMILES string of the molecule is O=Cc1cnc(N2CCN3C(=O)CCC3C2)nc1. The van der Waals surface area contributed by atoms with Gasteiger partial charge in [-0.25, -0.2) is 9.97 Å². The zero-order valence-corrected chi connectivity index (χ0v) is 9.95. The van der Waals surface area contributed by atoms with E-state index in [2.05, 4.69) is 14.9 Å². The molecule has 2 aliphatic rings. The Morgan fingerprint density at radius 1 is 1.28 bits per heavy atom. The first-order valence-corrected chi connectivity index (χ1v) is 6.09. The third kappa shape index (κ3) is 1.83. The maximum absolute atomic E-state index is 11.6. The van der Waals surface area contributed by atoms with Crippen molar-refractivity contribution >= 4 is 18.1 Å². The number of piperazine rings is 1. The molecule has 1 unspecified atom stereocenters. The van der Waals surface area contributed by atoms with Gasteiger partial charge in [-0.15, -0.1) is 0 Å². The van der Waals surface area contributed by atoms with Crippen molar-refractivity contribution in [3.05, 3.63) is 18.0 Å². The Morgan fingerprint density at radius 2 is 2.06 bits per heavy atom. The lowest BCUT2D eigenvalue weighted by atomic mass is 10.2. The highest BCUT2D eigenvalue weighted by Gasteiger charge is 2.36. The monoisotopic (exact) mass is 246 g/mol. The van der Waals surface area contributed by atoms with Gasteiger partial charge >= 0.3 is 0 Å². The molecule has 3 heterocycles.